The van der Waals surface area contributed by atoms with Gasteiger partial charge in [0.05, 0.1) is 140 Å². The molecule has 20 rings (SSSR count). The summed E-state index contributed by atoms with van der Waals surface area (Å²) in [6.45, 7) is 1.15. The number of carbonyl (C=O) groups is 5. The fourth-order valence-electron chi connectivity index (χ4n) is 15.6. The van der Waals surface area contributed by atoms with Crippen molar-refractivity contribution in [3.05, 3.63) is 459 Å². The summed E-state index contributed by atoms with van der Waals surface area (Å²) in [7, 11) is -0.0479. The number of alkyl halides is 3. The molecule has 718 valence electrons. The minimum Gasteiger partial charge on any atom is -0.497 e. The summed E-state index contributed by atoms with van der Waals surface area (Å²) in [6.07, 6.45) is 4.71. The predicted molar refractivity (Wildman–Crippen MR) is 532 cm³/mol. The summed E-state index contributed by atoms with van der Waals surface area (Å²) in [5, 5.41) is 39.4. The van der Waals surface area contributed by atoms with E-state index in [4.69, 9.17) is 9.47 Å². The van der Waals surface area contributed by atoms with E-state index in [1.165, 1.54) is 97.2 Å². The molecule has 15 aromatic carbocycles. The van der Waals surface area contributed by atoms with Crippen LogP contribution in [0.1, 0.15) is 85.2 Å². The lowest BCUT2D eigenvalue weighted by atomic mass is 10.1. The summed E-state index contributed by atoms with van der Waals surface area (Å²) in [5.41, 5.74) is 12.4. The fraction of sp³-hybridized carbons (Fsp3) is 0.0826. The van der Waals surface area contributed by atoms with Crippen molar-refractivity contribution in [2.45, 2.75) is 43.8 Å². The summed E-state index contributed by atoms with van der Waals surface area (Å²) < 4.78 is 148. The van der Waals surface area contributed by atoms with Gasteiger partial charge in [0.15, 0.2) is 9.84 Å². The molecular weight excluding hydrogens is 1930 g/mol. The van der Waals surface area contributed by atoms with Crippen LogP contribution in [0, 0.1) is 29.1 Å². The van der Waals surface area contributed by atoms with E-state index >= 15 is 0 Å². The van der Waals surface area contributed by atoms with Crippen LogP contribution in [-0.2, 0) is 48.7 Å². The average Bonchev–Trinajstić information content (AvgIpc) is 1.66. The molecule has 0 radical (unpaired) electrons. The Hall–Kier alpha value is -17.5. The van der Waals surface area contributed by atoms with Gasteiger partial charge in [-0.15, -0.1) is 0 Å². The van der Waals surface area contributed by atoms with Gasteiger partial charge in [-0.25, -0.2) is 53.8 Å². The van der Waals surface area contributed by atoms with Gasteiger partial charge in [0, 0.05) is 75.9 Å². The van der Waals surface area contributed by atoms with Crippen molar-refractivity contribution in [2.24, 2.45) is 0 Å². The highest BCUT2D eigenvalue weighted by Crippen LogP contribution is 2.34. The first kappa shape index (κ1) is 98.5. The third-order valence-corrected chi connectivity index (χ3v) is 24.7. The number of amides is 5. The Kier molecular flexibility index (Phi) is 30.7. The highest BCUT2D eigenvalue weighted by molar-refractivity contribution is 9.10. The number of aromatic nitrogens is 10. The van der Waals surface area contributed by atoms with Crippen LogP contribution in [0.15, 0.2) is 374 Å². The SMILES string of the molecule is COc1cccc(CNC(=O)c2cccc3c2cnn3-c2ccc(F)cc2)c1.COc1ccccc1CNC(=O)c1cccc2c1cnn2-c1ccc(F)cc1.CS(=O)(=O)c1ccc(CNC(=O)c2cccc3c2cnn3-c2ccc(F)cc2)cc1.O=C(NCc1ccccc1Br)c1cccc2c1cnn2-c1ccc(F)cc1.O=C(NCc1ccccc1C(F)(F)F)c1cccc2c1cnn2-c1ccc(F)cc1. The van der Waals surface area contributed by atoms with Crippen LogP contribution in [0.2, 0.25) is 0 Å². The average molecular weight is 2010 g/mol. The number of carbonyl (C=O) groups excluding carboxylic acids is 5. The largest absolute Gasteiger partial charge is 0.497 e. The molecule has 20 aromatic rings. The van der Waals surface area contributed by atoms with E-state index in [2.05, 4.69) is 68.0 Å². The second-order valence-electron chi connectivity index (χ2n) is 32.1. The minimum atomic E-state index is -4.50. The molecule has 34 heteroatoms. The van der Waals surface area contributed by atoms with Gasteiger partial charge in [0.1, 0.15) is 40.6 Å². The number of ether oxygens (including phenoxy) is 2. The quantitative estimate of drug-likeness (QED) is 0.0372. The number of hydrogen-bond acceptors (Lipinski definition) is 14. The first-order valence-electron chi connectivity index (χ1n) is 44.1. The fourth-order valence-corrected chi connectivity index (χ4v) is 16.7. The van der Waals surface area contributed by atoms with Crippen LogP contribution in [0.25, 0.3) is 83.0 Å². The lowest BCUT2D eigenvalue weighted by molar-refractivity contribution is -0.138. The van der Waals surface area contributed by atoms with Crippen molar-refractivity contribution < 1.29 is 77.0 Å². The number of hydrogen-bond donors (Lipinski definition) is 5. The third-order valence-electron chi connectivity index (χ3n) is 22.8. The zero-order chi connectivity index (χ0) is 100. The molecule has 0 bridgehead atoms. The molecule has 5 heterocycles. The summed E-state index contributed by atoms with van der Waals surface area (Å²) in [5.74, 6) is -1.51. The maximum absolute atomic E-state index is 13.2. The predicted octanol–water partition coefficient (Wildman–Crippen LogP) is 21.7. The molecule has 0 fully saturated rings. The van der Waals surface area contributed by atoms with E-state index in [9.17, 15) is 67.5 Å². The molecule has 0 aliphatic carbocycles. The van der Waals surface area contributed by atoms with Crippen molar-refractivity contribution in [1.82, 2.24) is 75.5 Å². The van der Waals surface area contributed by atoms with Crippen LogP contribution >= 0.6 is 15.9 Å². The number of benzene rings is 15. The van der Waals surface area contributed by atoms with Crippen molar-refractivity contribution in [3.63, 3.8) is 0 Å². The van der Waals surface area contributed by atoms with Crippen molar-refractivity contribution in [3.8, 4) is 39.9 Å². The van der Waals surface area contributed by atoms with Crippen LogP contribution in [0.4, 0.5) is 35.1 Å². The van der Waals surface area contributed by atoms with Gasteiger partial charge < -0.3 is 36.1 Å². The van der Waals surface area contributed by atoms with Gasteiger partial charge in [-0.2, -0.15) is 38.7 Å². The number of para-hydroxylation sites is 1. The number of sulfone groups is 1. The standard InChI is InChI=1S/C22H15F4N3O.C22H18FN3O3S.2C22H18FN3O2.C21H15BrFN3O/c23-15-8-10-16(11-9-15)29-20-7-3-5-17(18(20)13-28-29)21(30)27-12-14-4-1-2-6-19(14)22(24,25)26;1-30(28,29)18-11-5-15(6-12-18)13-24-22(27)19-3-2-4-21-20(19)14-25-26(21)17-9-7-16(23)8-10-17;1-28-18-5-2-4-15(12-18)13-24-22(27)19-6-3-7-21-20(19)14-25-26(21)17-10-8-16(23)9-11-17;1-28-21-8-3-2-5-15(21)13-24-22(27)18-6-4-7-20-19(18)14-25-26(20)17-11-9-16(23)10-12-17;22-19-6-2-1-4-14(19)12-24-21(27)17-5-3-7-20-18(17)13-25-26(20)16-10-8-15(23)9-11-16/h1-11,13H,12H2,(H,27,30);2-12,14H,13H2,1H3,(H,24,27);2*2-12,14H,13H2,1H3,(H,24,27);1-11,13H,12H2,(H,24,27). The zero-order valence-electron chi connectivity index (χ0n) is 76.1. The topological polar surface area (TPSA) is 287 Å². The monoisotopic (exact) mass is 2010 g/mol. The number of fused-ring (bicyclic) bond motifs is 5. The molecule has 5 N–H and O–H groups in total. The molecule has 24 nitrogen and oxygen atoms in total. The number of halogens is 9. The Morgan fingerprint density at radius 3 is 0.923 bits per heavy atom. The Labute approximate surface area is 820 Å². The van der Waals surface area contributed by atoms with E-state index in [1.54, 1.807) is 184 Å². The maximum Gasteiger partial charge on any atom is 0.416 e. The Balaban J connectivity index is 0.000000128. The number of methoxy groups -OCH3 is 2. The number of rotatable bonds is 23. The number of nitrogens with one attached hydrogen (secondary N) is 5. The second kappa shape index (κ2) is 44.5. The normalized spacial score (nSPS) is 11.1. The maximum atomic E-state index is 13.2. The van der Waals surface area contributed by atoms with Crippen LogP contribution in [-0.4, -0.2) is 107 Å². The first-order chi connectivity index (χ1) is 69.1. The summed E-state index contributed by atoms with van der Waals surface area (Å²) in [4.78, 5) is 63.9. The van der Waals surface area contributed by atoms with Gasteiger partial charge in [-0.3, -0.25) is 24.0 Å². The number of nitrogens with zero attached hydrogens (tertiary/aromatic N) is 10. The van der Waals surface area contributed by atoms with Gasteiger partial charge in [-0.05, 0) is 247 Å². The van der Waals surface area contributed by atoms with E-state index in [-0.39, 0.29) is 81.8 Å². The lowest BCUT2D eigenvalue weighted by Crippen LogP contribution is -2.24. The minimum absolute atomic E-state index is 0.0208. The molecule has 0 unspecified atom stereocenters. The molecule has 143 heavy (non-hydrogen) atoms. The Bertz CT molecular complexity index is 8150. The van der Waals surface area contributed by atoms with Crippen molar-refractivity contribution in [1.29, 1.82) is 0 Å². The smallest absolute Gasteiger partial charge is 0.416 e. The second-order valence-corrected chi connectivity index (χ2v) is 35.0. The van der Waals surface area contributed by atoms with Gasteiger partial charge in [0.25, 0.3) is 29.5 Å². The van der Waals surface area contributed by atoms with Crippen molar-refractivity contribution in [2.75, 3.05) is 20.5 Å². The zero-order valence-corrected chi connectivity index (χ0v) is 78.5. The van der Waals surface area contributed by atoms with E-state index in [0.29, 0.717) is 69.6 Å². The molecular formula is C109H84BrF8N15O9S. The van der Waals surface area contributed by atoms with E-state index < -0.39 is 27.5 Å². The highest BCUT2D eigenvalue weighted by Gasteiger charge is 2.33. The molecule has 0 aliphatic heterocycles. The van der Waals surface area contributed by atoms with Gasteiger partial charge >= 0.3 is 6.18 Å². The molecule has 0 saturated carbocycles. The van der Waals surface area contributed by atoms with Gasteiger partial charge in [0.2, 0.25) is 0 Å². The van der Waals surface area contributed by atoms with E-state index in [0.717, 1.165) is 106 Å². The molecule has 0 spiro atoms. The first-order valence-corrected chi connectivity index (χ1v) is 46.8. The Morgan fingerprint density at radius 1 is 0.315 bits per heavy atom. The van der Waals surface area contributed by atoms with E-state index in [1.807, 2.05) is 115 Å². The van der Waals surface area contributed by atoms with Crippen LogP contribution in [0.3, 0.4) is 0 Å². The molecule has 0 saturated heterocycles. The molecule has 5 amide bonds. The van der Waals surface area contributed by atoms with Gasteiger partial charge in [-0.1, -0.05) is 125 Å². The molecule has 5 aromatic heterocycles. The highest BCUT2D eigenvalue weighted by atomic mass is 79.9. The molecule has 0 atom stereocenters. The van der Waals surface area contributed by atoms with Crippen molar-refractivity contribution >= 4 is 110 Å². The summed E-state index contributed by atoms with van der Waals surface area (Å²) >= 11 is 3.49. The Morgan fingerprint density at radius 2 is 0.601 bits per heavy atom. The molecule has 0 aliphatic rings. The third kappa shape index (κ3) is 23.6. The van der Waals surface area contributed by atoms with Crippen LogP contribution in [0.5, 0.6) is 11.5 Å². The van der Waals surface area contributed by atoms with Crippen LogP contribution < -0.4 is 36.1 Å². The summed E-state index contributed by atoms with van der Waals surface area (Å²) in [6, 6.07) is 90.9. The lowest BCUT2D eigenvalue weighted by Gasteiger charge is -2.13.